The van der Waals surface area contributed by atoms with E-state index in [1.807, 2.05) is 6.07 Å². The molecule has 1 fully saturated rings. The van der Waals surface area contributed by atoms with Crippen molar-refractivity contribution in [3.05, 3.63) is 95.1 Å². The lowest BCUT2D eigenvalue weighted by Crippen LogP contribution is -2.44. The summed E-state index contributed by atoms with van der Waals surface area (Å²) in [5.74, 6) is -2.03. The zero-order chi connectivity index (χ0) is 25.2. The molecule has 1 aliphatic rings. The summed E-state index contributed by atoms with van der Waals surface area (Å²) in [6.07, 6.45) is 3.68. The van der Waals surface area contributed by atoms with Gasteiger partial charge in [-0.15, -0.1) is 0 Å². The number of aromatic nitrogens is 2. The van der Waals surface area contributed by atoms with Gasteiger partial charge in [-0.2, -0.15) is 4.31 Å². The lowest BCUT2D eigenvalue weighted by Gasteiger charge is -2.37. The second kappa shape index (κ2) is 10.2. The average molecular weight is 501 g/mol. The van der Waals surface area contributed by atoms with Crippen LogP contribution in [0.1, 0.15) is 65.2 Å². The highest BCUT2D eigenvalue weighted by molar-refractivity contribution is 7.89. The molecule has 4 rings (SSSR count). The number of nitrogens with one attached hydrogen (secondary N) is 1. The summed E-state index contributed by atoms with van der Waals surface area (Å²) >= 11 is 0. The number of halogens is 2. The van der Waals surface area contributed by atoms with Crippen molar-refractivity contribution < 1.29 is 22.0 Å². The van der Waals surface area contributed by atoms with Crippen LogP contribution >= 0.6 is 0 Å². The second-order valence-corrected chi connectivity index (χ2v) is 10.7. The first-order valence-electron chi connectivity index (χ1n) is 11.3. The molecule has 0 bridgehead atoms. The fourth-order valence-corrected chi connectivity index (χ4v) is 6.54. The van der Waals surface area contributed by atoms with E-state index >= 15 is 8.78 Å². The predicted molar refractivity (Wildman–Crippen MR) is 127 cm³/mol. The van der Waals surface area contributed by atoms with E-state index in [0.29, 0.717) is 18.4 Å². The first kappa shape index (κ1) is 24.9. The van der Waals surface area contributed by atoms with Crippen LogP contribution in [0, 0.1) is 11.6 Å². The predicted octanol–water partition coefficient (Wildman–Crippen LogP) is 4.30. The van der Waals surface area contributed by atoms with E-state index in [0.717, 1.165) is 12.1 Å². The molecule has 1 unspecified atom stereocenters. The molecule has 1 N–H and O–H groups in total. The molecule has 1 aromatic heterocycles. The lowest BCUT2D eigenvalue weighted by atomic mass is 10.0. The van der Waals surface area contributed by atoms with Gasteiger partial charge in [-0.1, -0.05) is 30.3 Å². The minimum absolute atomic E-state index is 0.0506. The minimum atomic E-state index is -3.79. The molecule has 10 heteroatoms. The van der Waals surface area contributed by atoms with Crippen LogP contribution in [0.5, 0.6) is 0 Å². The molecule has 2 heterocycles. The third-order valence-electron chi connectivity index (χ3n) is 6.32. The van der Waals surface area contributed by atoms with E-state index in [2.05, 4.69) is 15.3 Å². The number of hydrogen-bond acceptors (Lipinski definition) is 5. The SMILES string of the molecule is CC(NC(=O)c1ccncn1)c1cc(F)c(CN2[C@@H](C)CC[C@H](c3ccccc3)S2(=O)=O)cc1F. The number of carbonyl (C=O) groups excluding carboxylic acids is 1. The molecule has 184 valence electrons. The Morgan fingerprint density at radius 3 is 2.57 bits per heavy atom. The fraction of sp³-hybridized carbons (Fsp3) is 0.320. The maximum Gasteiger partial charge on any atom is 0.270 e. The Morgan fingerprint density at radius 1 is 1.14 bits per heavy atom. The molecular formula is C25H26F2N4O3S. The number of rotatable bonds is 6. The van der Waals surface area contributed by atoms with Crippen LogP contribution in [0.3, 0.4) is 0 Å². The van der Waals surface area contributed by atoms with Gasteiger partial charge in [0.2, 0.25) is 10.0 Å². The van der Waals surface area contributed by atoms with Crippen molar-refractivity contribution in [2.45, 2.75) is 50.6 Å². The van der Waals surface area contributed by atoms with Gasteiger partial charge in [0.15, 0.2) is 0 Å². The Morgan fingerprint density at radius 2 is 1.89 bits per heavy atom. The van der Waals surface area contributed by atoms with Gasteiger partial charge < -0.3 is 5.32 Å². The van der Waals surface area contributed by atoms with Gasteiger partial charge in [-0.25, -0.2) is 27.2 Å². The van der Waals surface area contributed by atoms with Crippen LogP contribution in [-0.4, -0.2) is 34.6 Å². The molecule has 1 saturated heterocycles. The van der Waals surface area contributed by atoms with E-state index in [4.69, 9.17) is 0 Å². The summed E-state index contributed by atoms with van der Waals surface area (Å²) < 4.78 is 58.2. The zero-order valence-electron chi connectivity index (χ0n) is 19.4. The Balaban J connectivity index is 1.55. The van der Waals surface area contributed by atoms with Crippen LogP contribution in [-0.2, 0) is 16.6 Å². The fourth-order valence-electron chi connectivity index (χ4n) is 4.35. The monoisotopic (exact) mass is 500 g/mol. The van der Waals surface area contributed by atoms with E-state index in [-0.39, 0.29) is 29.4 Å². The molecular weight excluding hydrogens is 474 g/mol. The molecule has 0 saturated carbocycles. The van der Waals surface area contributed by atoms with Crippen LogP contribution in [0.15, 0.2) is 61.1 Å². The van der Waals surface area contributed by atoms with Crippen LogP contribution < -0.4 is 5.32 Å². The molecule has 0 radical (unpaired) electrons. The zero-order valence-corrected chi connectivity index (χ0v) is 20.2. The molecule has 2 aromatic carbocycles. The quantitative estimate of drug-likeness (QED) is 0.545. The maximum atomic E-state index is 15.1. The summed E-state index contributed by atoms with van der Waals surface area (Å²) in [4.78, 5) is 19.9. The van der Waals surface area contributed by atoms with Crippen LogP contribution in [0.25, 0.3) is 0 Å². The number of amides is 1. The van der Waals surface area contributed by atoms with Gasteiger partial charge in [-0.05, 0) is 50.5 Å². The number of hydrogen-bond donors (Lipinski definition) is 1. The van der Waals surface area contributed by atoms with Gasteiger partial charge in [0.05, 0.1) is 6.04 Å². The summed E-state index contributed by atoms with van der Waals surface area (Å²) in [7, 11) is -3.79. The molecule has 0 spiro atoms. The number of sulfonamides is 1. The summed E-state index contributed by atoms with van der Waals surface area (Å²) in [6.45, 7) is 3.02. The van der Waals surface area contributed by atoms with Crippen molar-refractivity contribution in [2.75, 3.05) is 0 Å². The van der Waals surface area contributed by atoms with Gasteiger partial charge in [0.25, 0.3) is 5.91 Å². The number of nitrogens with zero attached hydrogens (tertiary/aromatic N) is 3. The Labute approximate surface area is 203 Å². The first-order valence-corrected chi connectivity index (χ1v) is 12.8. The molecule has 0 aliphatic carbocycles. The van der Waals surface area contributed by atoms with Crippen LogP contribution in [0.2, 0.25) is 0 Å². The van der Waals surface area contributed by atoms with Crippen molar-refractivity contribution in [3.63, 3.8) is 0 Å². The van der Waals surface area contributed by atoms with E-state index in [9.17, 15) is 13.2 Å². The smallest absolute Gasteiger partial charge is 0.270 e. The minimum Gasteiger partial charge on any atom is -0.344 e. The van der Waals surface area contributed by atoms with E-state index in [1.54, 1.807) is 31.2 Å². The average Bonchev–Trinajstić information content (AvgIpc) is 2.84. The molecule has 3 atom stereocenters. The Hall–Kier alpha value is -3.24. The Kier molecular flexibility index (Phi) is 7.23. The van der Waals surface area contributed by atoms with Crippen LogP contribution in [0.4, 0.5) is 8.78 Å². The first-order chi connectivity index (χ1) is 16.7. The van der Waals surface area contributed by atoms with E-state index in [1.165, 1.54) is 29.8 Å². The highest BCUT2D eigenvalue weighted by Gasteiger charge is 2.40. The summed E-state index contributed by atoms with van der Waals surface area (Å²) in [6, 6.07) is 11.1. The van der Waals surface area contributed by atoms with Crippen molar-refractivity contribution in [3.8, 4) is 0 Å². The second-order valence-electron chi connectivity index (χ2n) is 8.67. The van der Waals surface area contributed by atoms with Crippen molar-refractivity contribution >= 4 is 15.9 Å². The lowest BCUT2D eigenvalue weighted by molar-refractivity contribution is 0.0934. The standard InChI is InChI=1S/C25H26F2N4O3S/c1-16-8-9-24(18-6-4-3-5-7-18)35(33,34)31(16)14-19-12-22(27)20(13-21(19)26)17(2)30-25(32)23-10-11-28-15-29-23/h3-7,10-13,15-17,24H,8-9,14H2,1-2H3,(H,30,32)/t16-,17?,24+/m0/s1. The van der Waals surface area contributed by atoms with Gasteiger partial charge in [0.1, 0.15) is 28.9 Å². The maximum absolute atomic E-state index is 15.1. The number of benzene rings is 2. The highest BCUT2D eigenvalue weighted by atomic mass is 32.2. The van der Waals surface area contributed by atoms with Gasteiger partial charge >= 0.3 is 0 Å². The normalized spacial score (nSPS) is 20.8. The largest absolute Gasteiger partial charge is 0.344 e. The molecule has 3 aromatic rings. The molecule has 1 aliphatic heterocycles. The summed E-state index contributed by atoms with van der Waals surface area (Å²) in [5.41, 5.74) is 0.663. The Bertz CT molecular complexity index is 1310. The highest BCUT2D eigenvalue weighted by Crippen LogP contribution is 2.38. The van der Waals surface area contributed by atoms with Crippen molar-refractivity contribution in [2.24, 2.45) is 0 Å². The third-order valence-corrected chi connectivity index (χ3v) is 8.69. The van der Waals surface area contributed by atoms with E-state index < -0.39 is 38.9 Å². The van der Waals surface area contributed by atoms with Crippen molar-refractivity contribution in [1.82, 2.24) is 19.6 Å². The summed E-state index contributed by atoms with van der Waals surface area (Å²) in [5, 5.41) is 1.85. The molecule has 7 nitrogen and oxygen atoms in total. The van der Waals surface area contributed by atoms with Gasteiger partial charge in [0, 0.05) is 29.9 Å². The number of carbonyl (C=O) groups is 1. The van der Waals surface area contributed by atoms with Gasteiger partial charge in [-0.3, -0.25) is 4.79 Å². The molecule has 35 heavy (non-hydrogen) atoms. The molecule has 1 amide bonds. The van der Waals surface area contributed by atoms with Crippen molar-refractivity contribution in [1.29, 1.82) is 0 Å². The third kappa shape index (κ3) is 5.23. The topological polar surface area (TPSA) is 92.3 Å².